The van der Waals surface area contributed by atoms with E-state index in [-0.39, 0.29) is 31.3 Å². The quantitative estimate of drug-likeness (QED) is 0.751. The molecule has 2 N–H and O–H groups in total. The number of piperidine rings is 1. The van der Waals surface area contributed by atoms with Gasteiger partial charge in [-0.05, 0) is 31.4 Å². The number of likely N-dealkylation sites (tertiary alicyclic amines) is 1. The van der Waals surface area contributed by atoms with Crippen LogP contribution in [0.4, 0.5) is 10.5 Å². The van der Waals surface area contributed by atoms with Gasteiger partial charge in [-0.2, -0.15) is 0 Å². The number of carboxylic acids is 1. The molecule has 1 aromatic rings. The first-order valence-electron chi connectivity index (χ1n) is 8.45. The molecule has 0 spiro atoms. The lowest BCUT2D eigenvalue weighted by molar-refractivity contribution is -0.144. The van der Waals surface area contributed by atoms with Crippen molar-refractivity contribution in [3.05, 3.63) is 28.7 Å². The molecule has 2 amide bonds. The van der Waals surface area contributed by atoms with Crippen molar-refractivity contribution in [1.29, 1.82) is 0 Å². The highest BCUT2D eigenvalue weighted by Gasteiger charge is 2.32. The molecular weight excluding hydrogens is 342 g/mol. The number of nitrogens with zero attached hydrogens (tertiary/aromatic N) is 2. The molecule has 1 aliphatic heterocycles. The van der Waals surface area contributed by atoms with Gasteiger partial charge < -0.3 is 24.6 Å². The molecule has 2 heterocycles. The van der Waals surface area contributed by atoms with Crippen molar-refractivity contribution in [3.63, 3.8) is 0 Å². The Hall–Kier alpha value is -2.84. The van der Waals surface area contributed by atoms with Gasteiger partial charge in [0.2, 0.25) is 0 Å². The summed E-state index contributed by atoms with van der Waals surface area (Å²) in [4.78, 5) is 49.0. The van der Waals surface area contributed by atoms with Crippen LogP contribution in [0.25, 0.3) is 0 Å². The first-order valence-corrected chi connectivity index (χ1v) is 8.45. The van der Waals surface area contributed by atoms with Crippen LogP contribution in [0, 0.1) is 11.8 Å². The molecule has 0 saturated carbocycles. The van der Waals surface area contributed by atoms with Gasteiger partial charge in [0.25, 0.3) is 5.56 Å². The zero-order valence-corrected chi connectivity index (χ0v) is 14.8. The third-order valence-electron chi connectivity index (χ3n) is 4.16. The number of carbonyl (C=O) groups excluding carboxylic acids is 2. The minimum absolute atomic E-state index is 0.0203. The lowest BCUT2D eigenvalue weighted by Gasteiger charge is -2.34. The van der Waals surface area contributed by atoms with Crippen LogP contribution in [0.3, 0.4) is 0 Å². The molecular formula is C17H23N3O6. The average Bonchev–Trinajstić information content (AvgIpc) is 2.58. The summed E-state index contributed by atoms with van der Waals surface area (Å²) in [6, 6.07) is 2.44. The predicted octanol–water partition coefficient (Wildman–Crippen LogP) is 0.986. The Kier molecular flexibility index (Phi) is 6.37. The average molecular weight is 365 g/mol. The molecule has 0 bridgehead atoms. The lowest BCUT2D eigenvalue weighted by Crippen LogP contribution is -2.47. The van der Waals surface area contributed by atoms with E-state index in [9.17, 15) is 24.3 Å². The maximum absolute atomic E-state index is 12.5. The van der Waals surface area contributed by atoms with E-state index < -0.39 is 29.4 Å². The predicted molar refractivity (Wildman–Crippen MR) is 92.8 cm³/mol. The number of aromatic nitrogens is 1. The molecule has 2 unspecified atom stereocenters. The molecule has 1 saturated heterocycles. The highest BCUT2D eigenvalue weighted by Crippen LogP contribution is 2.22. The maximum atomic E-state index is 12.5. The summed E-state index contributed by atoms with van der Waals surface area (Å²) in [5.41, 5.74) is -0.513. The van der Waals surface area contributed by atoms with Crippen molar-refractivity contribution in [2.75, 3.05) is 25.0 Å². The monoisotopic (exact) mass is 365 g/mol. The van der Waals surface area contributed by atoms with Gasteiger partial charge in [0.1, 0.15) is 12.2 Å². The maximum Gasteiger partial charge on any atom is 0.326 e. The van der Waals surface area contributed by atoms with Gasteiger partial charge in [0, 0.05) is 19.3 Å². The van der Waals surface area contributed by atoms with E-state index >= 15 is 0 Å². The van der Waals surface area contributed by atoms with E-state index in [0.717, 1.165) is 4.57 Å². The Labute approximate surface area is 150 Å². The Bertz CT molecular complexity index is 744. The number of hydrogen-bond donors (Lipinski definition) is 2. The number of ether oxygens (including phenoxy) is 1. The molecule has 26 heavy (non-hydrogen) atoms. The highest BCUT2D eigenvalue weighted by atomic mass is 16.5. The first-order chi connectivity index (χ1) is 12.3. The third-order valence-corrected chi connectivity index (χ3v) is 4.16. The second-order valence-electron chi connectivity index (χ2n) is 6.37. The van der Waals surface area contributed by atoms with Crippen LogP contribution in [0.1, 0.15) is 20.3 Å². The molecule has 142 valence electrons. The van der Waals surface area contributed by atoms with Gasteiger partial charge in [0.05, 0.1) is 12.5 Å². The number of urea groups is 1. The summed E-state index contributed by atoms with van der Waals surface area (Å²) in [7, 11) is 0. The van der Waals surface area contributed by atoms with Crippen molar-refractivity contribution in [2.24, 2.45) is 11.8 Å². The van der Waals surface area contributed by atoms with E-state index in [1.807, 2.05) is 6.92 Å². The van der Waals surface area contributed by atoms with Crippen molar-refractivity contribution in [1.82, 2.24) is 9.47 Å². The van der Waals surface area contributed by atoms with Gasteiger partial charge in [-0.15, -0.1) is 0 Å². The number of anilines is 1. The zero-order chi connectivity index (χ0) is 19.3. The Morgan fingerprint density at radius 2 is 2.08 bits per heavy atom. The number of aliphatic carboxylic acids is 1. The standard InChI is InChI=1S/C17H23N3O6/c1-3-26-14(21)10-19-6-4-5-13(15(19)22)18-17(25)20-8-11(2)7-12(9-20)16(23)24/h4-6,11-12H,3,7-10H2,1-2H3,(H,18,25)(H,23,24). The lowest BCUT2D eigenvalue weighted by atomic mass is 9.91. The van der Waals surface area contributed by atoms with Gasteiger partial charge in [0.15, 0.2) is 0 Å². The van der Waals surface area contributed by atoms with Crippen LogP contribution in [0.5, 0.6) is 0 Å². The highest BCUT2D eigenvalue weighted by molar-refractivity contribution is 5.89. The normalized spacial score (nSPS) is 19.7. The van der Waals surface area contributed by atoms with Crippen LogP contribution >= 0.6 is 0 Å². The molecule has 9 nitrogen and oxygen atoms in total. The fraction of sp³-hybridized carbons (Fsp3) is 0.529. The number of pyridine rings is 1. The number of carbonyl (C=O) groups is 3. The number of carboxylic acid groups (broad SMARTS) is 1. The van der Waals surface area contributed by atoms with Gasteiger partial charge >= 0.3 is 18.0 Å². The van der Waals surface area contributed by atoms with Crippen molar-refractivity contribution in [3.8, 4) is 0 Å². The summed E-state index contributed by atoms with van der Waals surface area (Å²) in [5.74, 6) is -2.06. The fourth-order valence-corrected chi connectivity index (χ4v) is 2.99. The third kappa shape index (κ3) is 4.84. The topological polar surface area (TPSA) is 118 Å². The Morgan fingerprint density at radius 1 is 1.35 bits per heavy atom. The summed E-state index contributed by atoms with van der Waals surface area (Å²) < 4.78 is 5.96. The fourth-order valence-electron chi connectivity index (χ4n) is 2.99. The number of amides is 2. The van der Waals surface area contributed by atoms with E-state index in [1.165, 1.54) is 23.2 Å². The van der Waals surface area contributed by atoms with Crippen LogP contribution < -0.4 is 10.9 Å². The van der Waals surface area contributed by atoms with Crippen molar-refractivity contribution in [2.45, 2.75) is 26.8 Å². The molecule has 9 heteroatoms. The zero-order valence-electron chi connectivity index (χ0n) is 14.8. The van der Waals surface area contributed by atoms with E-state index in [4.69, 9.17) is 4.74 Å². The van der Waals surface area contributed by atoms with Crippen LogP contribution in [-0.2, 0) is 20.9 Å². The molecule has 0 aromatic carbocycles. The second-order valence-corrected chi connectivity index (χ2v) is 6.37. The largest absolute Gasteiger partial charge is 0.481 e. The molecule has 0 radical (unpaired) electrons. The number of nitrogens with one attached hydrogen (secondary N) is 1. The van der Waals surface area contributed by atoms with E-state index in [0.29, 0.717) is 13.0 Å². The molecule has 1 aliphatic rings. The molecule has 1 fully saturated rings. The minimum Gasteiger partial charge on any atom is -0.481 e. The van der Waals surface area contributed by atoms with Gasteiger partial charge in [-0.3, -0.25) is 14.4 Å². The van der Waals surface area contributed by atoms with Gasteiger partial charge in [-0.25, -0.2) is 4.79 Å². The Balaban J connectivity index is 2.10. The van der Waals surface area contributed by atoms with E-state index in [2.05, 4.69) is 5.32 Å². The van der Waals surface area contributed by atoms with Crippen LogP contribution in [0.15, 0.2) is 23.1 Å². The number of rotatable bonds is 5. The number of hydrogen-bond acceptors (Lipinski definition) is 5. The summed E-state index contributed by atoms with van der Waals surface area (Å²) in [5, 5.41) is 11.7. The minimum atomic E-state index is -0.939. The van der Waals surface area contributed by atoms with Crippen LogP contribution in [-0.4, -0.2) is 52.2 Å². The molecule has 2 rings (SSSR count). The van der Waals surface area contributed by atoms with Crippen molar-refractivity contribution >= 4 is 23.7 Å². The van der Waals surface area contributed by atoms with Crippen molar-refractivity contribution < 1.29 is 24.2 Å². The van der Waals surface area contributed by atoms with E-state index in [1.54, 1.807) is 6.92 Å². The summed E-state index contributed by atoms with van der Waals surface area (Å²) in [6.45, 7) is 4.01. The first kappa shape index (κ1) is 19.5. The van der Waals surface area contributed by atoms with Gasteiger partial charge in [-0.1, -0.05) is 6.92 Å². The smallest absolute Gasteiger partial charge is 0.326 e. The summed E-state index contributed by atoms with van der Waals surface area (Å²) in [6.07, 6.45) is 1.94. The summed E-state index contributed by atoms with van der Waals surface area (Å²) >= 11 is 0. The molecule has 1 aromatic heterocycles. The second kappa shape index (κ2) is 8.50. The SMILES string of the molecule is CCOC(=O)Cn1cccc(NC(=O)N2CC(C)CC(C(=O)O)C2)c1=O. The van der Waals surface area contributed by atoms with Crippen LogP contribution in [0.2, 0.25) is 0 Å². The molecule has 2 atom stereocenters. The number of esters is 1. The molecule has 0 aliphatic carbocycles. The Morgan fingerprint density at radius 3 is 2.73 bits per heavy atom.